The average molecular weight is 437 g/mol. The van der Waals surface area contributed by atoms with E-state index in [1.807, 2.05) is 13.8 Å². The first-order valence-corrected chi connectivity index (χ1v) is 11.8. The van der Waals surface area contributed by atoms with Gasteiger partial charge in [0, 0.05) is 17.2 Å². The SMILES string of the molecule is CC(C)C1OB(c2cnc(-c3ccc4c(c3)C(C)(C)C(C)(C)C4(C)C)cc2F)OC1(C)C. The van der Waals surface area contributed by atoms with Gasteiger partial charge in [-0.1, -0.05) is 67.5 Å². The fraction of sp³-hybridized carbons (Fsp3) is 0.593. The molecule has 1 aromatic carbocycles. The Bertz CT molecular complexity index is 1060. The Morgan fingerprint density at radius 3 is 2.12 bits per heavy atom. The van der Waals surface area contributed by atoms with Crippen molar-refractivity contribution in [2.45, 2.75) is 91.8 Å². The van der Waals surface area contributed by atoms with Crippen molar-refractivity contribution in [2.24, 2.45) is 11.3 Å². The number of pyridine rings is 1. The molecule has 3 nitrogen and oxygen atoms in total. The fourth-order valence-electron chi connectivity index (χ4n) is 5.76. The van der Waals surface area contributed by atoms with E-state index < -0.39 is 12.7 Å². The third-order valence-electron chi connectivity index (χ3n) is 8.89. The van der Waals surface area contributed by atoms with Gasteiger partial charge in [0.1, 0.15) is 5.82 Å². The van der Waals surface area contributed by atoms with E-state index in [1.54, 1.807) is 6.20 Å². The first-order valence-electron chi connectivity index (χ1n) is 11.8. The molecule has 1 unspecified atom stereocenters. The van der Waals surface area contributed by atoms with Crippen LogP contribution in [0.25, 0.3) is 11.3 Å². The zero-order chi connectivity index (χ0) is 23.9. The minimum atomic E-state index is -0.737. The number of rotatable bonds is 3. The highest BCUT2D eigenvalue weighted by Crippen LogP contribution is 2.61. The van der Waals surface area contributed by atoms with Crippen LogP contribution in [0.5, 0.6) is 0 Å². The molecule has 2 aliphatic rings. The summed E-state index contributed by atoms with van der Waals surface area (Å²) in [7, 11) is -0.737. The van der Waals surface area contributed by atoms with Crippen molar-refractivity contribution < 1.29 is 13.7 Å². The molecule has 1 saturated heterocycles. The van der Waals surface area contributed by atoms with Crippen LogP contribution >= 0.6 is 0 Å². The largest absolute Gasteiger partial charge is 0.499 e. The predicted octanol–water partition coefficient (Wildman–Crippen LogP) is 6.03. The summed E-state index contributed by atoms with van der Waals surface area (Å²) in [6.45, 7) is 22.1. The summed E-state index contributed by atoms with van der Waals surface area (Å²) < 4.78 is 27.4. The van der Waals surface area contributed by atoms with E-state index in [0.717, 1.165) is 5.56 Å². The molecule has 1 aliphatic carbocycles. The van der Waals surface area contributed by atoms with Crippen LogP contribution in [0, 0.1) is 17.2 Å². The van der Waals surface area contributed by atoms with Crippen molar-refractivity contribution in [1.29, 1.82) is 0 Å². The minimum Gasteiger partial charge on any atom is -0.401 e. The Kier molecular flexibility index (Phi) is 5.23. The van der Waals surface area contributed by atoms with Gasteiger partial charge < -0.3 is 9.31 Å². The molecule has 1 atom stereocenters. The summed E-state index contributed by atoms with van der Waals surface area (Å²) in [5, 5.41) is 0. The molecule has 1 fully saturated rings. The van der Waals surface area contributed by atoms with Crippen LogP contribution in [0.3, 0.4) is 0 Å². The van der Waals surface area contributed by atoms with Crippen LogP contribution in [0.15, 0.2) is 30.5 Å². The molecule has 1 aliphatic heterocycles. The van der Waals surface area contributed by atoms with Crippen LogP contribution in [-0.2, 0) is 20.1 Å². The van der Waals surface area contributed by atoms with E-state index in [1.165, 1.54) is 17.2 Å². The number of benzene rings is 1. The number of hydrogen-bond acceptors (Lipinski definition) is 3. The summed E-state index contributed by atoms with van der Waals surface area (Å²) in [4.78, 5) is 4.62. The summed E-state index contributed by atoms with van der Waals surface area (Å²) in [5.41, 5.74) is 4.24. The molecule has 0 radical (unpaired) electrons. The molecule has 0 saturated carbocycles. The van der Waals surface area contributed by atoms with E-state index in [-0.39, 0.29) is 34.1 Å². The summed E-state index contributed by atoms with van der Waals surface area (Å²) in [6.07, 6.45) is 1.47. The second-order valence-corrected chi connectivity index (χ2v) is 12.1. The van der Waals surface area contributed by atoms with Gasteiger partial charge in [-0.15, -0.1) is 0 Å². The van der Waals surface area contributed by atoms with Gasteiger partial charge in [0.15, 0.2) is 0 Å². The summed E-state index contributed by atoms with van der Waals surface area (Å²) >= 11 is 0. The van der Waals surface area contributed by atoms with Crippen molar-refractivity contribution in [3.63, 3.8) is 0 Å². The molecule has 2 heterocycles. The first kappa shape index (κ1) is 23.4. The Morgan fingerprint density at radius 1 is 0.938 bits per heavy atom. The molecular formula is C27H37BFNO2. The van der Waals surface area contributed by atoms with Gasteiger partial charge in [-0.3, -0.25) is 4.98 Å². The molecule has 0 spiro atoms. The molecular weight excluding hydrogens is 400 g/mol. The van der Waals surface area contributed by atoms with E-state index in [9.17, 15) is 0 Å². The highest BCUT2D eigenvalue weighted by molar-refractivity contribution is 6.62. The van der Waals surface area contributed by atoms with Crippen LogP contribution in [0.4, 0.5) is 4.39 Å². The van der Waals surface area contributed by atoms with E-state index in [4.69, 9.17) is 9.31 Å². The predicted molar refractivity (Wildman–Crippen MR) is 130 cm³/mol. The van der Waals surface area contributed by atoms with Crippen LogP contribution < -0.4 is 5.46 Å². The van der Waals surface area contributed by atoms with Crippen LogP contribution in [0.1, 0.15) is 80.4 Å². The number of hydrogen-bond donors (Lipinski definition) is 0. The van der Waals surface area contributed by atoms with Crippen molar-refractivity contribution >= 4 is 12.6 Å². The monoisotopic (exact) mass is 437 g/mol. The highest BCUT2D eigenvalue weighted by Gasteiger charge is 2.56. The number of aromatic nitrogens is 1. The van der Waals surface area contributed by atoms with E-state index in [2.05, 4.69) is 78.6 Å². The average Bonchev–Trinajstić information content (AvgIpc) is 3.06. The Hall–Kier alpha value is -1.72. The smallest absolute Gasteiger partial charge is 0.401 e. The maximum absolute atomic E-state index is 15.2. The van der Waals surface area contributed by atoms with Gasteiger partial charge in [-0.05, 0) is 59.3 Å². The summed E-state index contributed by atoms with van der Waals surface area (Å²) in [5.74, 6) is -0.0748. The lowest BCUT2D eigenvalue weighted by molar-refractivity contribution is 0.0438. The van der Waals surface area contributed by atoms with Crippen molar-refractivity contribution in [2.75, 3.05) is 0 Å². The van der Waals surface area contributed by atoms with Gasteiger partial charge >= 0.3 is 7.12 Å². The molecule has 0 bridgehead atoms. The van der Waals surface area contributed by atoms with Crippen molar-refractivity contribution in [1.82, 2.24) is 4.98 Å². The lowest BCUT2D eigenvalue weighted by Crippen LogP contribution is -2.42. The van der Waals surface area contributed by atoms with E-state index >= 15 is 4.39 Å². The molecule has 4 rings (SSSR count). The quantitative estimate of drug-likeness (QED) is 0.550. The molecule has 2 aromatic rings. The molecule has 5 heteroatoms. The Balaban J connectivity index is 1.69. The fourth-order valence-corrected chi connectivity index (χ4v) is 5.76. The zero-order valence-electron chi connectivity index (χ0n) is 21.3. The van der Waals surface area contributed by atoms with E-state index in [0.29, 0.717) is 11.2 Å². The molecule has 0 amide bonds. The third-order valence-corrected chi connectivity index (χ3v) is 8.89. The van der Waals surface area contributed by atoms with Gasteiger partial charge in [0.25, 0.3) is 0 Å². The molecule has 172 valence electrons. The Labute approximate surface area is 193 Å². The highest BCUT2D eigenvalue weighted by atomic mass is 19.1. The Morgan fingerprint density at radius 2 is 1.56 bits per heavy atom. The standard InChI is InChI=1S/C27H37BFNO2/c1-16(2)23-26(7,8)32-28(31-23)20-15-30-22(14-21(20)29)17-11-12-18-19(13-17)25(5,6)27(9,10)24(18,3)4/h11-16,23H,1-10H3. The minimum absolute atomic E-state index is 0.0106. The second-order valence-electron chi connectivity index (χ2n) is 12.1. The molecule has 1 aromatic heterocycles. The number of halogens is 1. The lowest BCUT2D eigenvalue weighted by Gasteiger charge is -2.44. The first-order chi connectivity index (χ1) is 14.6. The number of nitrogens with zero attached hydrogens (tertiary/aromatic N) is 1. The third kappa shape index (κ3) is 3.19. The molecule has 32 heavy (non-hydrogen) atoms. The van der Waals surface area contributed by atoms with Gasteiger partial charge in [-0.2, -0.15) is 0 Å². The van der Waals surface area contributed by atoms with Gasteiger partial charge in [0.2, 0.25) is 0 Å². The number of fused-ring (bicyclic) bond motifs is 1. The summed E-state index contributed by atoms with van der Waals surface area (Å²) in [6, 6.07) is 7.99. The molecule has 0 N–H and O–H groups in total. The van der Waals surface area contributed by atoms with Crippen molar-refractivity contribution in [3.05, 3.63) is 47.4 Å². The van der Waals surface area contributed by atoms with Gasteiger partial charge in [0.05, 0.1) is 17.4 Å². The maximum Gasteiger partial charge on any atom is 0.499 e. The van der Waals surface area contributed by atoms with Crippen molar-refractivity contribution in [3.8, 4) is 11.3 Å². The zero-order valence-corrected chi connectivity index (χ0v) is 21.3. The van der Waals surface area contributed by atoms with Crippen LogP contribution in [-0.4, -0.2) is 23.8 Å². The normalized spacial score (nSPS) is 24.8. The topological polar surface area (TPSA) is 31.4 Å². The second kappa shape index (κ2) is 7.14. The maximum atomic E-state index is 15.2. The van der Waals surface area contributed by atoms with Gasteiger partial charge in [-0.25, -0.2) is 4.39 Å². The van der Waals surface area contributed by atoms with Crippen LogP contribution in [0.2, 0.25) is 0 Å². The lowest BCUT2D eigenvalue weighted by atomic mass is 9.59.